The average molecular weight is 765 g/mol. The van der Waals surface area contributed by atoms with Crippen LogP contribution >= 0.6 is 0 Å². The molecule has 2 unspecified atom stereocenters. The van der Waals surface area contributed by atoms with Gasteiger partial charge >= 0.3 is 12.1 Å². The van der Waals surface area contributed by atoms with Crippen molar-refractivity contribution >= 4 is 37.9 Å². The molecule has 1 aliphatic heterocycles. The zero-order valence-electron chi connectivity index (χ0n) is 32.8. The lowest BCUT2D eigenvalue weighted by Gasteiger charge is -2.33. The van der Waals surface area contributed by atoms with Crippen LogP contribution in [0.15, 0.2) is 72.8 Å². The zero-order valence-corrected chi connectivity index (χ0v) is 33.8. The van der Waals surface area contributed by atoms with E-state index in [9.17, 15) is 24.0 Å². The predicted octanol–water partition coefficient (Wildman–Crippen LogP) is 5.72. The lowest BCUT2D eigenvalue weighted by Crippen LogP contribution is -2.57. The molecule has 1 fully saturated rings. The number of hydrogen-bond donors (Lipinski definition) is 3. The average Bonchev–Trinajstić information content (AvgIpc) is 3.48. The Morgan fingerprint density at radius 2 is 1.58 bits per heavy atom. The highest BCUT2D eigenvalue weighted by Crippen LogP contribution is 2.32. The van der Waals surface area contributed by atoms with E-state index in [0.29, 0.717) is 23.3 Å². The standard InChI is InChI=1S/C43H52N4O7Si/c1-28(46(5)42(53)54-43(2,3)4)38(48)45-36(25-31-19-17-29(18-20-31)15-16-30-21-23-33(24-22-30)41(51)52)40(50)47-27-55(6,7)26-37(47)39(49)44-35-14-10-12-32-11-8-9-13-34(32)35/h8-9,11,13,17-24,28,35-37H,10,12,14,25-27H2,1-7H3,(H,44,49)(H,45,48)(H,51,52)/t28-,35?,36?,37-/m0/s1. The molecule has 55 heavy (non-hydrogen) atoms. The number of benzene rings is 3. The van der Waals surface area contributed by atoms with E-state index in [-0.39, 0.29) is 29.8 Å². The third kappa shape index (κ3) is 10.6. The number of carbonyl (C=O) groups is 5. The van der Waals surface area contributed by atoms with E-state index >= 15 is 0 Å². The third-order valence-corrected chi connectivity index (χ3v) is 12.8. The lowest BCUT2D eigenvalue weighted by atomic mass is 9.87. The number of ether oxygens (including phenoxy) is 1. The quantitative estimate of drug-likeness (QED) is 0.187. The number of amides is 4. The van der Waals surface area contributed by atoms with Gasteiger partial charge < -0.3 is 25.4 Å². The highest BCUT2D eigenvalue weighted by atomic mass is 28.3. The van der Waals surface area contributed by atoms with Crippen LogP contribution in [0, 0.1) is 11.8 Å². The van der Waals surface area contributed by atoms with Gasteiger partial charge in [0, 0.05) is 30.8 Å². The summed E-state index contributed by atoms with van der Waals surface area (Å²) in [5, 5.41) is 15.4. The van der Waals surface area contributed by atoms with E-state index in [2.05, 4.69) is 47.7 Å². The number of aromatic carboxylic acids is 1. The molecular weight excluding hydrogens is 713 g/mol. The summed E-state index contributed by atoms with van der Waals surface area (Å²) in [5.74, 6) is 4.04. The number of hydrogen-bond acceptors (Lipinski definition) is 6. The van der Waals surface area contributed by atoms with Gasteiger partial charge in [-0.25, -0.2) is 9.59 Å². The molecule has 1 heterocycles. The molecule has 12 heteroatoms. The van der Waals surface area contributed by atoms with E-state index in [1.165, 1.54) is 29.6 Å². The van der Waals surface area contributed by atoms with Crippen molar-refractivity contribution < 1.29 is 33.8 Å². The first-order valence-electron chi connectivity index (χ1n) is 18.8. The maximum absolute atomic E-state index is 14.7. The van der Waals surface area contributed by atoms with Gasteiger partial charge in [-0.2, -0.15) is 0 Å². The van der Waals surface area contributed by atoms with Crippen molar-refractivity contribution in [1.29, 1.82) is 0 Å². The second kappa shape index (κ2) is 16.9. The summed E-state index contributed by atoms with van der Waals surface area (Å²) in [4.78, 5) is 69.4. The fourth-order valence-electron chi connectivity index (χ4n) is 7.07. The molecule has 5 rings (SSSR count). The van der Waals surface area contributed by atoms with E-state index in [4.69, 9.17) is 9.84 Å². The summed E-state index contributed by atoms with van der Waals surface area (Å²) in [6.07, 6.45) is 2.69. The summed E-state index contributed by atoms with van der Waals surface area (Å²) in [7, 11) is -0.540. The second-order valence-electron chi connectivity index (χ2n) is 16.4. The Bertz CT molecular complexity index is 1980. The minimum absolute atomic E-state index is 0.134. The molecule has 3 N–H and O–H groups in total. The summed E-state index contributed by atoms with van der Waals surface area (Å²) in [6.45, 7) is 11.1. The number of carboxylic acids is 1. The van der Waals surface area contributed by atoms with E-state index < -0.39 is 49.8 Å². The molecule has 3 aromatic rings. The molecule has 0 aromatic heterocycles. The summed E-state index contributed by atoms with van der Waals surface area (Å²) in [5.41, 5.74) is 3.90. The Morgan fingerprint density at radius 1 is 0.964 bits per heavy atom. The SMILES string of the molecule is C[C@@H](C(=O)NC(Cc1ccc(C#Cc2ccc(C(=O)O)cc2)cc1)C(=O)N1C[Si](C)(C)C[C@H]1C(=O)NC1CCCc2ccccc21)N(C)C(=O)OC(C)(C)C. The molecular formula is C43H52N4O7Si. The van der Waals surface area contributed by atoms with Crippen molar-refractivity contribution in [3.8, 4) is 11.8 Å². The van der Waals surface area contributed by atoms with Crippen LogP contribution in [-0.2, 0) is 32.0 Å². The van der Waals surface area contributed by atoms with Gasteiger partial charge in [-0.3, -0.25) is 19.3 Å². The van der Waals surface area contributed by atoms with Gasteiger partial charge in [0.05, 0.1) is 19.7 Å². The first-order valence-corrected chi connectivity index (χ1v) is 22.2. The van der Waals surface area contributed by atoms with Crippen LogP contribution in [0.3, 0.4) is 0 Å². The molecule has 4 amide bonds. The van der Waals surface area contributed by atoms with Crippen molar-refractivity contribution in [3.63, 3.8) is 0 Å². The summed E-state index contributed by atoms with van der Waals surface area (Å²) >= 11 is 0. The molecule has 1 aliphatic carbocycles. The van der Waals surface area contributed by atoms with Crippen LogP contribution in [-0.4, -0.2) is 89.7 Å². The fraction of sp³-hybridized carbons (Fsp3) is 0.419. The van der Waals surface area contributed by atoms with E-state index in [0.717, 1.165) is 30.4 Å². The topological polar surface area (TPSA) is 145 Å². The maximum atomic E-state index is 14.7. The Kier molecular flexibility index (Phi) is 12.6. The lowest BCUT2D eigenvalue weighted by molar-refractivity contribution is -0.141. The van der Waals surface area contributed by atoms with Crippen molar-refractivity contribution in [2.45, 2.75) is 102 Å². The van der Waals surface area contributed by atoms with Crippen molar-refractivity contribution in [2.24, 2.45) is 0 Å². The molecule has 2 aliphatic rings. The van der Waals surface area contributed by atoms with Gasteiger partial charge in [0.25, 0.3) is 0 Å². The number of fused-ring (bicyclic) bond motifs is 1. The van der Waals surface area contributed by atoms with Crippen LogP contribution in [0.2, 0.25) is 19.1 Å². The Hall–Kier alpha value is -5.41. The van der Waals surface area contributed by atoms with Crippen molar-refractivity contribution in [3.05, 3.63) is 106 Å². The van der Waals surface area contributed by atoms with Gasteiger partial charge in [-0.1, -0.05) is 61.3 Å². The molecule has 0 saturated carbocycles. The number of nitrogens with one attached hydrogen (secondary N) is 2. The van der Waals surface area contributed by atoms with Gasteiger partial charge in [-0.05, 0) is 106 Å². The van der Waals surface area contributed by atoms with Crippen LogP contribution in [0.5, 0.6) is 0 Å². The van der Waals surface area contributed by atoms with Gasteiger partial charge in [-0.15, -0.1) is 0 Å². The van der Waals surface area contributed by atoms with Gasteiger partial charge in [0.15, 0.2) is 0 Å². The molecule has 4 atom stereocenters. The van der Waals surface area contributed by atoms with E-state index in [1.54, 1.807) is 44.7 Å². The normalized spacial score (nSPS) is 18.4. The molecule has 290 valence electrons. The fourth-order valence-corrected chi connectivity index (χ4v) is 9.95. The number of carbonyl (C=O) groups excluding carboxylic acids is 4. The maximum Gasteiger partial charge on any atom is 0.410 e. The molecule has 0 radical (unpaired) electrons. The smallest absolute Gasteiger partial charge is 0.410 e. The zero-order chi connectivity index (χ0) is 40.1. The van der Waals surface area contributed by atoms with Crippen molar-refractivity contribution in [1.82, 2.24) is 20.4 Å². The highest BCUT2D eigenvalue weighted by molar-refractivity contribution is 6.79. The van der Waals surface area contributed by atoms with Crippen molar-refractivity contribution in [2.75, 3.05) is 13.2 Å². The molecule has 0 spiro atoms. The molecule has 0 bridgehead atoms. The first kappa shape index (κ1) is 40.8. The highest BCUT2D eigenvalue weighted by Gasteiger charge is 2.47. The Morgan fingerprint density at radius 3 is 2.20 bits per heavy atom. The van der Waals surface area contributed by atoms with Crippen LogP contribution in [0.1, 0.15) is 84.8 Å². The summed E-state index contributed by atoms with van der Waals surface area (Å²) in [6, 6.07) is 19.6. The monoisotopic (exact) mass is 764 g/mol. The number of carboxylic acid groups (broad SMARTS) is 1. The number of nitrogens with zero attached hydrogens (tertiary/aromatic N) is 2. The molecule has 1 saturated heterocycles. The largest absolute Gasteiger partial charge is 0.478 e. The number of likely N-dealkylation sites (N-methyl/N-ethyl adjacent to an activating group) is 1. The van der Waals surface area contributed by atoms with Crippen LogP contribution in [0.25, 0.3) is 0 Å². The Balaban J connectivity index is 1.38. The molecule has 11 nitrogen and oxygen atoms in total. The predicted molar refractivity (Wildman–Crippen MR) is 213 cm³/mol. The van der Waals surface area contributed by atoms with Gasteiger partial charge in [0.1, 0.15) is 23.7 Å². The van der Waals surface area contributed by atoms with Gasteiger partial charge in [0.2, 0.25) is 17.7 Å². The summed E-state index contributed by atoms with van der Waals surface area (Å²) < 4.78 is 5.48. The number of aryl methyl sites for hydroxylation is 1. The molecule has 3 aromatic carbocycles. The minimum Gasteiger partial charge on any atom is -0.478 e. The van der Waals surface area contributed by atoms with Crippen LogP contribution < -0.4 is 10.6 Å². The Labute approximate surface area is 324 Å². The number of rotatable bonds is 9. The van der Waals surface area contributed by atoms with Crippen LogP contribution in [0.4, 0.5) is 4.79 Å². The minimum atomic E-state index is -2.02. The second-order valence-corrected chi connectivity index (χ2v) is 21.4. The van der Waals surface area contributed by atoms with E-state index in [1.807, 2.05) is 36.4 Å². The third-order valence-electron chi connectivity index (χ3n) is 10.1. The first-order chi connectivity index (χ1) is 25.9.